The first-order chi connectivity index (χ1) is 15.4. The van der Waals surface area contributed by atoms with Crippen LogP contribution in [0.2, 0.25) is 0 Å². The van der Waals surface area contributed by atoms with E-state index in [-0.39, 0.29) is 18.3 Å². The molecule has 0 spiro atoms. The van der Waals surface area contributed by atoms with Gasteiger partial charge in [0.25, 0.3) is 0 Å². The predicted octanol–water partition coefficient (Wildman–Crippen LogP) is 3.97. The molecule has 0 saturated heterocycles. The molecule has 0 unspecified atom stereocenters. The zero-order chi connectivity index (χ0) is 24.8. The number of allylic oxidation sites excluding steroid dienone is 2. The number of carboxylic acid groups (broad SMARTS) is 1. The van der Waals surface area contributed by atoms with Crippen molar-refractivity contribution < 1.29 is 34.0 Å². The standard InChI is InChI=1S/C25H34FNO6/c1-5-27-24(32)33-19-13-20(16-6-9-22(26)15(2)10-16)21(25(3,4)14-19)8-7-17(28)11-18(29)12-23(30)31/h6-10,17-19,28-29H,5,11-14H2,1-4H3,(H,27,32)(H,30,31)/b8-7+/t17-,18-,19+/m1/s1. The van der Waals surface area contributed by atoms with Gasteiger partial charge in [-0.25, -0.2) is 9.18 Å². The molecule has 0 aromatic heterocycles. The second-order valence-corrected chi connectivity index (χ2v) is 9.12. The van der Waals surface area contributed by atoms with Crippen LogP contribution in [0.1, 0.15) is 57.6 Å². The Morgan fingerprint density at radius 2 is 2.03 bits per heavy atom. The van der Waals surface area contributed by atoms with Gasteiger partial charge in [-0.2, -0.15) is 0 Å². The Balaban J connectivity index is 2.40. The van der Waals surface area contributed by atoms with Crippen LogP contribution >= 0.6 is 0 Å². The van der Waals surface area contributed by atoms with Crippen molar-refractivity contribution in [2.45, 2.75) is 71.7 Å². The first kappa shape index (κ1) is 26.5. The minimum Gasteiger partial charge on any atom is -0.481 e. The van der Waals surface area contributed by atoms with Gasteiger partial charge in [-0.3, -0.25) is 4.79 Å². The number of aliphatic carboxylic acids is 1. The van der Waals surface area contributed by atoms with Gasteiger partial charge in [0.1, 0.15) is 11.9 Å². The molecule has 0 saturated carbocycles. The van der Waals surface area contributed by atoms with Crippen LogP contribution in [-0.4, -0.2) is 52.2 Å². The highest BCUT2D eigenvalue weighted by molar-refractivity contribution is 5.75. The second-order valence-electron chi connectivity index (χ2n) is 9.12. The first-order valence-electron chi connectivity index (χ1n) is 11.1. The van der Waals surface area contributed by atoms with Crippen molar-refractivity contribution in [3.05, 3.63) is 52.9 Å². The van der Waals surface area contributed by atoms with Gasteiger partial charge in [-0.1, -0.05) is 32.1 Å². The molecule has 0 radical (unpaired) electrons. The summed E-state index contributed by atoms with van der Waals surface area (Å²) in [6, 6.07) is 4.83. The number of carbonyl (C=O) groups is 2. The van der Waals surface area contributed by atoms with E-state index in [0.29, 0.717) is 24.9 Å². The van der Waals surface area contributed by atoms with Gasteiger partial charge in [-0.15, -0.1) is 0 Å². The highest BCUT2D eigenvalue weighted by Gasteiger charge is 2.36. The number of rotatable bonds is 9. The summed E-state index contributed by atoms with van der Waals surface area (Å²) in [4.78, 5) is 22.8. The number of halogens is 1. The Labute approximate surface area is 194 Å². The van der Waals surface area contributed by atoms with E-state index >= 15 is 0 Å². The quantitative estimate of drug-likeness (QED) is 0.440. The van der Waals surface area contributed by atoms with E-state index in [1.807, 2.05) is 13.8 Å². The molecule has 0 heterocycles. The largest absolute Gasteiger partial charge is 0.481 e. The number of hydrogen-bond acceptors (Lipinski definition) is 5. The lowest BCUT2D eigenvalue weighted by atomic mass is 9.69. The highest BCUT2D eigenvalue weighted by atomic mass is 19.1. The number of aliphatic hydroxyl groups is 2. The monoisotopic (exact) mass is 463 g/mol. The van der Waals surface area contributed by atoms with E-state index in [1.54, 1.807) is 32.1 Å². The molecule has 0 aliphatic heterocycles. The zero-order valence-corrected chi connectivity index (χ0v) is 19.6. The number of alkyl carbamates (subject to hydrolysis) is 1. The number of aliphatic hydroxyl groups excluding tert-OH is 2. The van der Waals surface area contributed by atoms with Crippen LogP contribution in [0.15, 0.2) is 35.9 Å². The van der Waals surface area contributed by atoms with Crippen molar-refractivity contribution in [2.24, 2.45) is 5.41 Å². The molecule has 1 aliphatic rings. The van der Waals surface area contributed by atoms with Crippen LogP contribution in [0, 0.1) is 18.2 Å². The summed E-state index contributed by atoms with van der Waals surface area (Å²) < 4.78 is 19.5. The smallest absolute Gasteiger partial charge is 0.407 e. The Bertz CT molecular complexity index is 923. The van der Waals surface area contributed by atoms with Gasteiger partial charge in [0.05, 0.1) is 18.6 Å². The summed E-state index contributed by atoms with van der Waals surface area (Å²) in [5, 5.41) is 31.5. The molecule has 33 heavy (non-hydrogen) atoms. The molecule has 0 fully saturated rings. The predicted molar refractivity (Wildman–Crippen MR) is 123 cm³/mol. The molecule has 8 heteroatoms. The number of benzene rings is 1. The molecule has 1 aromatic rings. The molecular formula is C25H34FNO6. The third-order valence-electron chi connectivity index (χ3n) is 5.73. The van der Waals surface area contributed by atoms with Crippen molar-refractivity contribution >= 4 is 17.6 Å². The first-order valence-corrected chi connectivity index (χ1v) is 11.1. The summed E-state index contributed by atoms with van der Waals surface area (Å²) in [6.07, 6.45) is 0.642. The fourth-order valence-corrected chi connectivity index (χ4v) is 4.20. The van der Waals surface area contributed by atoms with Gasteiger partial charge >= 0.3 is 12.1 Å². The average Bonchev–Trinajstić information content (AvgIpc) is 2.67. The van der Waals surface area contributed by atoms with Crippen LogP contribution < -0.4 is 5.32 Å². The number of nitrogens with one attached hydrogen (secondary N) is 1. The summed E-state index contributed by atoms with van der Waals surface area (Å²) in [5.74, 6) is -1.45. The number of aryl methyl sites for hydroxylation is 1. The number of carboxylic acids is 1. The molecule has 2 rings (SSSR count). The second kappa shape index (κ2) is 11.4. The van der Waals surface area contributed by atoms with Gasteiger partial charge < -0.3 is 25.4 Å². The highest BCUT2D eigenvalue weighted by Crippen LogP contribution is 2.46. The average molecular weight is 464 g/mol. The van der Waals surface area contributed by atoms with Crippen molar-refractivity contribution in [1.82, 2.24) is 5.32 Å². The Kier molecular flexibility index (Phi) is 9.19. The number of ether oxygens (including phenoxy) is 1. The third kappa shape index (κ3) is 7.68. The summed E-state index contributed by atoms with van der Waals surface area (Å²) in [6.45, 7) is 7.94. The lowest BCUT2D eigenvalue weighted by Gasteiger charge is -2.38. The zero-order valence-electron chi connectivity index (χ0n) is 19.6. The Morgan fingerprint density at radius 3 is 2.64 bits per heavy atom. The lowest BCUT2D eigenvalue weighted by Crippen LogP contribution is -2.35. The molecule has 0 bridgehead atoms. The van der Waals surface area contributed by atoms with E-state index in [1.165, 1.54) is 12.1 Å². The minimum absolute atomic E-state index is 0.107. The number of carbonyl (C=O) groups excluding carboxylic acids is 1. The van der Waals surface area contributed by atoms with E-state index in [4.69, 9.17) is 9.84 Å². The van der Waals surface area contributed by atoms with Crippen molar-refractivity contribution in [3.8, 4) is 0 Å². The molecule has 3 atom stereocenters. The van der Waals surface area contributed by atoms with Gasteiger partial charge in [0, 0.05) is 19.4 Å². The molecule has 182 valence electrons. The molecule has 7 nitrogen and oxygen atoms in total. The van der Waals surface area contributed by atoms with Gasteiger partial charge in [-0.05, 0) is 60.1 Å². The third-order valence-corrected chi connectivity index (χ3v) is 5.73. The topological polar surface area (TPSA) is 116 Å². The normalized spacial score (nSPS) is 19.9. The van der Waals surface area contributed by atoms with Crippen molar-refractivity contribution in [1.29, 1.82) is 0 Å². The molecular weight excluding hydrogens is 429 g/mol. The number of hydrogen-bond donors (Lipinski definition) is 4. The summed E-state index contributed by atoms with van der Waals surface area (Å²) >= 11 is 0. The summed E-state index contributed by atoms with van der Waals surface area (Å²) in [5.41, 5.74) is 2.62. The van der Waals surface area contributed by atoms with Crippen molar-refractivity contribution in [3.63, 3.8) is 0 Å². The number of amides is 1. The Hall–Kier alpha value is -2.71. The SMILES string of the molecule is CCNC(=O)O[C@H]1CC(c2ccc(F)c(C)c2)=C(/C=C/[C@@H](O)C[C@@H](O)CC(=O)O)C(C)(C)C1. The van der Waals surface area contributed by atoms with E-state index in [9.17, 15) is 24.2 Å². The van der Waals surface area contributed by atoms with Gasteiger partial charge in [0.2, 0.25) is 0 Å². The fourth-order valence-electron chi connectivity index (χ4n) is 4.20. The van der Waals surface area contributed by atoms with E-state index in [2.05, 4.69) is 5.32 Å². The molecule has 4 N–H and O–H groups in total. The fraction of sp³-hybridized carbons (Fsp3) is 0.520. The maximum atomic E-state index is 13.9. The summed E-state index contributed by atoms with van der Waals surface area (Å²) in [7, 11) is 0. The van der Waals surface area contributed by atoms with Gasteiger partial charge in [0.15, 0.2) is 0 Å². The maximum Gasteiger partial charge on any atom is 0.407 e. The van der Waals surface area contributed by atoms with Crippen LogP contribution in [0.25, 0.3) is 5.57 Å². The lowest BCUT2D eigenvalue weighted by molar-refractivity contribution is -0.139. The molecule has 1 aromatic carbocycles. The van der Waals surface area contributed by atoms with Crippen LogP contribution in [-0.2, 0) is 9.53 Å². The van der Waals surface area contributed by atoms with Crippen LogP contribution in [0.5, 0.6) is 0 Å². The van der Waals surface area contributed by atoms with Crippen molar-refractivity contribution in [2.75, 3.05) is 6.54 Å². The molecule has 1 aliphatic carbocycles. The van der Waals surface area contributed by atoms with Crippen LogP contribution in [0.3, 0.4) is 0 Å². The Morgan fingerprint density at radius 1 is 1.33 bits per heavy atom. The van der Waals surface area contributed by atoms with Crippen LogP contribution in [0.4, 0.5) is 9.18 Å². The molecule has 1 amide bonds. The minimum atomic E-state index is -1.16. The maximum absolute atomic E-state index is 13.9. The van der Waals surface area contributed by atoms with E-state index < -0.39 is 36.1 Å². The van der Waals surface area contributed by atoms with E-state index in [0.717, 1.165) is 16.7 Å².